The van der Waals surface area contributed by atoms with Crippen molar-refractivity contribution < 1.29 is 32.3 Å². The highest BCUT2D eigenvalue weighted by Crippen LogP contribution is 2.36. The highest BCUT2D eigenvalue weighted by Gasteiger charge is 2.33. The Bertz CT molecular complexity index is 1430. The van der Waals surface area contributed by atoms with E-state index in [2.05, 4.69) is 5.32 Å². The number of benzene rings is 3. The number of halogens is 3. The number of fused-ring (bicyclic) bond motifs is 1. The molecule has 2 saturated heterocycles. The van der Waals surface area contributed by atoms with Gasteiger partial charge in [0.25, 0.3) is 11.8 Å². The summed E-state index contributed by atoms with van der Waals surface area (Å²) < 4.78 is 46.4. The van der Waals surface area contributed by atoms with Crippen LogP contribution in [0.25, 0.3) is 10.8 Å². The van der Waals surface area contributed by atoms with Crippen molar-refractivity contribution in [3.8, 4) is 0 Å². The second-order valence-corrected chi connectivity index (χ2v) is 11.1. The van der Waals surface area contributed by atoms with E-state index in [1.165, 1.54) is 18.2 Å². The Morgan fingerprint density at radius 1 is 0.837 bits per heavy atom. The summed E-state index contributed by atoms with van der Waals surface area (Å²) in [5.74, 6) is -0.0265. The lowest BCUT2D eigenvalue weighted by molar-refractivity contribution is -0.136. The van der Waals surface area contributed by atoms with Crippen LogP contribution in [0.4, 0.5) is 13.2 Å². The van der Waals surface area contributed by atoms with Crippen LogP contribution in [0, 0.1) is 0 Å². The van der Waals surface area contributed by atoms with Gasteiger partial charge in [0.2, 0.25) is 0 Å². The highest BCUT2D eigenvalue weighted by atomic mass is 19.4. The van der Waals surface area contributed by atoms with Crippen LogP contribution in [-0.2, 0) is 15.7 Å². The van der Waals surface area contributed by atoms with Gasteiger partial charge in [0.1, 0.15) is 6.29 Å². The monoisotopic (exact) mass is 595 g/mol. The number of ether oxygens (including phenoxy) is 1. The van der Waals surface area contributed by atoms with Crippen LogP contribution in [0.5, 0.6) is 0 Å². The van der Waals surface area contributed by atoms with E-state index in [4.69, 9.17) is 4.74 Å². The van der Waals surface area contributed by atoms with Crippen LogP contribution in [0.15, 0.2) is 60.7 Å². The van der Waals surface area contributed by atoms with E-state index >= 15 is 0 Å². The second-order valence-electron chi connectivity index (χ2n) is 11.1. The summed E-state index contributed by atoms with van der Waals surface area (Å²) >= 11 is 0. The zero-order valence-corrected chi connectivity index (χ0v) is 23.9. The number of rotatable bonds is 9. The quantitative estimate of drug-likeness (QED) is 0.269. The first-order valence-corrected chi connectivity index (χ1v) is 14.8. The summed E-state index contributed by atoms with van der Waals surface area (Å²) in [4.78, 5) is 40.4. The van der Waals surface area contributed by atoms with Crippen LogP contribution in [0.2, 0.25) is 0 Å². The van der Waals surface area contributed by atoms with Crippen molar-refractivity contribution >= 4 is 28.9 Å². The van der Waals surface area contributed by atoms with E-state index in [1.807, 2.05) is 29.2 Å². The molecule has 2 fully saturated rings. The highest BCUT2D eigenvalue weighted by molar-refractivity contribution is 6.07. The molecule has 0 atom stereocenters. The molecule has 228 valence electrons. The zero-order chi connectivity index (χ0) is 30.4. The Morgan fingerprint density at radius 3 is 2.14 bits per heavy atom. The van der Waals surface area contributed by atoms with Gasteiger partial charge in [0.15, 0.2) is 0 Å². The van der Waals surface area contributed by atoms with Crippen molar-refractivity contribution in [3.05, 3.63) is 82.9 Å². The SMILES string of the molecule is O=CCNCCOC1CCN(C(=O)c2ccc(C3CCN(C(=O)c4cccc5c(C(F)(F)F)cccc45)CC3)cc2)CC1. The lowest BCUT2D eigenvalue weighted by Gasteiger charge is -2.33. The van der Waals surface area contributed by atoms with Gasteiger partial charge < -0.3 is 24.6 Å². The van der Waals surface area contributed by atoms with Crippen LogP contribution in [-0.4, -0.2) is 79.9 Å². The van der Waals surface area contributed by atoms with Crippen molar-refractivity contribution in [2.24, 2.45) is 0 Å². The number of hydrogen-bond acceptors (Lipinski definition) is 5. The Kier molecular flexibility index (Phi) is 9.77. The largest absolute Gasteiger partial charge is 0.417 e. The van der Waals surface area contributed by atoms with E-state index < -0.39 is 11.7 Å². The molecule has 3 aromatic carbocycles. The lowest BCUT2D eigenvalue weighted by atomic mass is 9.88. The predicted molar refractivity (Wildman–Crippen MR) is 157 cm³/mol. The maximum absolute atomic E-state index is 13.5. The molecule has 0 saturated carbocycles. The molecule has 0 spiro atoms. The third-order valence-corrected chi connectivity index (χ3v) is 8.46. The molecule has 2 heterocycles. The van der Waals surface area contributed by atoms with Crippen molar-refractivity contribution in [1.82, 2.24) is 15.1 Å². The number of aldehydes is 1. The molecule has 7 nitrogen and oxygen atoms in total. The third kappa shape index (κ3) is 7.25. The summed E-state index contributed by atoms with van der Waals surface area (Å²) in [6.07, 6.45) is -0.554. The normalized spacial score (nSPS) is 16.9. The number of nitrogens with zero attached hydrogens (tertiary/aromatic N) is 2. The zero-order valence-electron chi connectivity index (χ0n) is 23.9. The Hall–Kier alpha value is -3.76. The van der Waals surface area contributed by atoms with Gasteiger partial charge in [-0.25, -0.2) is 0 Å². The molecule has 0 aromatic heterocycles. The maximum atomic E-state index is 13.5. The average Bonchev–Trinajstić information content (AvgIpc) is 3.03. The molecule has 1 N–H and O–H groups in total. The minimum atomic E-state index is -4.50. The lowest BCUT2D eigenvalue weighted by Crippen LogP contribution is -2.41. The molecule has 0 aliphatic carbocycles. The molecule has 0 bridgehead atoms. The molecule has 3 aromatic rings. The van der Waals surface area contributed by atoms with Crippen molar-refractivity contribution in [1.29, 1.82) is 0 Å². The van der Waals surface area contributed by atoms with Crippen molar-refractivity contribution in [2.45, 2.75) is 43.9 Å². The average molecular weight is 596 g/mol. The molecule has 2 aliphatic rings. The van der Waals surface area contributed by atoms with Gasteiger partial charge in [-0.2, -0.15) is 13.2 Å². The number of hydrogen-bond donors (Lipinski definition) is 1. The number of nitrogens with one attached hydrogen (secondary N) is 1. The van der Waals surface area contributed by atoms with Gasteiger partial charge in [-0.05, 0) is 72.2 Å². The number of piperidine rings is 2. The number of carbonyl (C=O) groups is 3. The molecule has 0 radical (unpaired) electrons. The summed E-state index contributed by atoms with van der Waals surface area (Å²) in [6.45, 7) is 3.75. The fourth-order valence-corrected chi connectivity index (χ4v) is 6.09. The van der Waals surface area contributed by atoms with Gasteiger partial charge in [-0.1, -0.05) is 36.4 Å². The molecule has 0 unspecified atom stereocenters. The smallest absolute Gasteiger partial charge is 0.377 e. The third-order valence-electron chi connectivity index (χ3n) is 8.46. The number of amides is 2. The maximum Gasteiger partial charge on any atom is 0.417 e. The molecule has 2 aliphatic heterocycles. The standard InChI is InChI=1S/C33H36F3N3O4/c34-33(35,36)30-6-2-3-27-28(30)4-1-5-29(27)32(42)39-17-11-24(12-18-39)23-7-9-25(10-8-23)31(41)38-19-13-26(14-20-38)43-22-16-37-15-21-40/h1-10,21,24,26,37H,11-20,22H2. The second kappa shape index (κ2) is 13.7. The van der Waals surface area contributed by atoms with Gasteiger partial charge in [0, 0.05) is 43.9 Å². The van der Waals surface area contributed by atoms with E-state index in [0.29, 0.717) is 56.8 Å². The molecule has 2 amide bonds. The minimum absolute atomic E-state index is 0.00170. The first-order valence-electron chi connectivity index (χ1n) is 14.8. The molecule has 10 heteroatoms. The topological polar surface area (TPSA) is 79.0 Å². The number of alkyl halides is 3. The Morgan fingerprint density at radius 2 is 1.47 bits per heavy atom. The fourth-order valence-electron chi connectivity index (χ4n) is 6.09. The van der Waals surface area contributed by atoms with Crippen molar-refractivity contribution in [2.75, 3.05) is 45.9 Å². The first-order chi connectivity index (χ1) is 20.8. The van der Waals surface area contributed by atoms with Crippen LogP contribution in [0.1, 0.15) is 63.4 Å². The molecule has 43 heavy (non-hydrogen) atoms. The fraction of sp³-hybridized carbons (Fsp3) is 0.424. The van der Waals surface area contributed by atoms with Crippen LogP contribution < -0.4 is 5.32 Å². The van der Waals surface area contributed by atoms with E-state index in [1.54, 1.807) is 17.0 Å². The van der Waals surface area contributed by atoms with Crippen LogP contribution in [0.3, 0.4) is 0 Å². The molecular weight excluding hydrogens is 559 g/mol. The first kappa shape index (κ1) is 30.7. The summed E-state index contributed by atoms with van der Waals surface area (Å²) in [5.41, 5.74) is 1.30. The van der Waals surface area contributed by atoms with Gasteiger partial charge in [-0.3, -0.25) is 9.59 Å². The predicted octanol–water partition coefficient (Wildman–Crippen LogP) is 5.29. The van der Waals surface area contributed by atoms with Gasteiger partial charge in [-0.15, -0.1) is 0 Å². The van der Waals surface area contributed by atoms with E-state index in [9.17, 15) is 27.6 Å². The Labute approximate surface area is 249 Å². The van der Waals surface area contributed by atoms with Crippen molar-refractivity contribution in [3.63, 3.8) is 0 Å². The van der Waals surface area contributed by atoms with E-state index in [-0.39, 0.29) is 34.8 Å². The van der Waals surface area contributed by atoms with Gasteiger partial charge in [0.05, 0.1) is 24.8 Å². The molecule has 5 rings (SSSR count). The Balaban J connectivity index is 1.13. The minimum Gasteiger partial charge on any atom is -0.377 e. The van der Waals surface area contributed by atoms with E-state index in [0.717, 1.165) is 43.6 Å². The number of likely N-dealkylation sites (tertiary alicyclic amines) is 2. The van der Waals surface area contributed by atoms with Gasteiger partial charge >= 0.3 is 6.18 Å². The number of carbonyl (C=O) groups excluding carboxylic acids is 3. The summed E-state index contributed by atoms with van der Waals surface area (Å²) in [6, 6.07) is 16.2. The summed E-state index contributed by atoms with van der Waals surface area (Å²) in [7, 11) is 0. The summed E-state index contributed by atoms with van der Waals surface area (Å²) in [5, 5.41) is 3.31. The van der Waals surface area contributed by atoms with Crippen LogP contribution >= 0.6 is 0 Å². The molecular formula is C33H36F3N3O4.